The van der Waals surface area contributed by atoms with Gasteiger partial charge in [-0.3, -0.25) is 9.59 Å². The molecule has 1 aliphatic rings. The van der Waals surface area contributed by atoms with Crippen molar-refractivity contribution in [1.29, 1.82) is 0 Å². The Morgan fingerprint density at radius 2 is 1.69 bits per heavy atom. The summed E-state index contributed by atoms with van der Waals surface area (Å²) in [5.74, 6) is 1.38. The Morgan fingerprint density at radius 3 is 2.27 bits per heavy atom. The first-order valence-electron chi connectivity index (χ1n) is 8.60. The average molecular weight is 354 g/mol. The molecule has 1 fully saturated rings. The zero-order valence-electron chi connectivity index (χ0n) is 15.0. The van der Waals surface area contributed by atoms with E-state index in [1.54, 1.807) is 29.2 Å². The summed E-state index contributed by atoms with van der Waals surface area (Å²) in [5.41, 5.74) is 1.51. The highest BCUT2D eigenvalue weighted by Gasteiger charge is 2.22. The fraction of sp³-hybridized carbons (Fsp3) is 0.368. The van der Waals surface area contributed by atoms with Crippen molar-refractivity contribution < 1.29 is 14.3 Å². The predicted molar refractivity (Wildman–Crippen MR) is 97.5 cm³/mol. The summed E-state index contributed by atoms with van der Waals surface area (Å²) < 4.78 is 5.54. The number of rotatable bonds is 5. The summed E-state index contributed by atoms with van der Waals surface area (Å²) in [5, 5.41) is 8.27. The monoisotopic (exact) mass is 354 g/mol. The van der Waals surface area contributed by atoms with Crippen molar-refractivity contribution in [3.8, 4) is 5.75 Å². The standard InChI is InChI=1S/C19H22N4O3/c1-14-3-8-18(21-20-14)22-9-11-23(12-10-22)19(25)13-26-17-6-4-16(5-7-17)15(2)24/h3-8H,9-13H2,1-2H3. The number of nitrogens with zero attached hydrogens (tertiary/aromatic N) is 4. The molecule has 0 spiro atoms. The summed E-state index contributed by atoms with van der Waals surface area (Å²) >= 11 is 0. The molecule has 7 nitrogen and oxygen atoms in total. The molecule has 2 heterocycles. The van der Waals surface area contributed by atoms with E-state index in [0.29, 0.717) is 24.4 Å². The van der Waals surface area contributed by atoms with Crippen LogP contribution in [-0.4, -0.2) is 59.6 Å². The Bertz CT molecular complexity index is 766. The van der Waals surface area contributed by atoms with E-state index in [4.69, 9.17) is 4.74 Å². The number of aryl methyl sites for hydroxylation is 1. The molecule has 136 valence electrons. The first kappa shape index (κ1) is 17.8. The zero-order chi connectivity index (χ0) is 18.5. The highest BCUT2D eigenvalue weighted by atomic mass is 16.5. The van der Waals surface area contributed by atoms with E-state index < -0.39 is 0 Å². The van der Waals surface area contributed by atoms with Gasteiger partial charge >= 0.3 is 0 Å². The number of aromatic nitrogens is 2. The Labute approximate surface area is 152 Å². The topological polar surface area (TPSA) is 75.6 Å². The molecule has 0 N–H and O–H groups in total. The molecule has 0 bridgehead atoms. The van der Waals surface area contributed by atoms with Gasteiger partial charge in [0.25, 0.3) is 5.91 Å². The summed E-state index contributed by atoms with van der Waals surface area (Å²) in [4.78, 5) is 27.5. The van der Waals surface area contributed by atoms with Crippen molar-refractivity contribution in [2.24, 2.45) is 0 Å². The second kappa shape index (κ2) is 7.95. The Balaban J connectivity index is 1.47. The van der Waals surface area contributed by atoms with Crippen LogP contribution in [0.2, 0.25) is 0 Å². The molecule has 1 aliphatic heterocycles. The molecule has 1 saturated heterocycles. The van der Waals surface area contributed by atoms with Crippen LogP contribution in [0.3, 0.4) is 0 Å². The second-order valence-electron chi connectivity index (χ2n) is 6.27. The van der Waals surface area contributed by atoms with Crippen molar-refractivity contribution >= 4 is 17.5 Å². The molecule has 0 unspecified atom stereocenters. The van der Waals surface area contributed by atoms with Crippen LogP contribution in [0.4, 0.5) is 5.82 Å². The number of hydrogen-bond donors (Lipinski definition) is 0. The van der Waals surface area contributed by atoms with Crippen molar-refractivity contribution in [2.45, 2.75) is 13.8 Å². The molecule has 7 heteroatoms. The van der Waals surface area contributed by atoms with Gasteiger partial charge in [-0.2, -0.15) is 5.10 Å². The molecule has 0 atom stereocenters. The molecule has 0 radical (unpaired) electrons. The largest absolute Gasteiger partial charge is 0.484 e. The van der Waals surface area contributed by atoms with Crippen LogP contribution in [0.15, 0.2) is 36.4 Å². The highest BCUT2D eigenvalue weighted by Crippen LogP contribution is 2.15. The molecule has 0 aliphatic carbocycles. The number of ketones is 1. The third-order valence-corrected chi connectivity index (χ3v) is 4.36. The third kappa shape index (κ3) is 4.36. The molecule has 2 aromatic rings. The Morgan fingerprint density at radius 1 is 1.00 bits per heavy atom. The minimum absolute atomic E-state index is 0.00348. The number of benzene rings is 1. The lowest BCUT2D eigenvalue weighted by molar-refractivity contribution is -0.133. The van der Waals surface area contributed by atoms with Gasteiger partial charge in [0.2, 0.25) is 0 Å². The molecular formula is C19H22N4O3. The van der Waals surface area contributed by atoms with Gasteiger partial charge in [0, 0.05) is 31.7 Å². The van der Waals surface area contributed by atoms with Crippen molar-refractivity contribution in [3.63, 3.8) is 0 Å². The third-order valence-electron chi connectivity index (χ3n) is 4.36. The summed E-state index contributed by atoms with van der Waals surface area (Å²) in [6.07, 6.45) is 0. The lowest BCUT2D eigenvalue weighted by Crippen LogP contribution is -2.50. The number of Topliss-reactive ketones (excluding diaryl/α,β-unsaturated/α-hetero) is 1. The van der Waals surface area contributed by atoms with Gasteiger partial charge in [0.15, 0.2) is 18.2 Å². The van der Waals surface area contributed by atoms with Crippen molar-refractivity contribution in [2.75, 3.05) is 37.7 Å². The molecule has 0 saturated carbocycles. The van der Waals surface area contributed by atoms with E-state index in [2.05, 4.69) is 15.1 Å². The van der Waals surface area contributed by atoms with Gasteiger partial charge in [0.05, 0.1) is 5.69 Å². The second-order valence-corrected chi connectivity index (χ2v) is 6.27. The van der Waals surface area contributed by atoms with Gasteiger partial charge in [-0.25, -0.2) is 0 Å². The number of ether oxygens (including phenoxy) is 1. The van der Waals surface area contributed by atoms with Gasteiger partial charge < -0.3 is 14.5 Å². The number of anilines is 1. The lowest BCUT2D eigenvalue weighted by Gasteiger charge is -2.35. The molecule has 3 rings (SSSR count). The highest BCUT2D eigenvalue weighted by molar-refractivity contribution is 5.94. The maximum absolute atomic E-state index is 12.3. The summed E-state index contributed by atoms with van der Waals surface area (Å²) in [7, 11) is 0. The smallest absolute Gasteiger partial charge is 0.260 e. The number of amides is 1. The van der Waals surface area contributed by atoms with Crippen LogP contribution in [0.5, 0.6) is 5.75 Å². The maximum atomic E-state index is 12.3. The number of carbonyl (C=O) groups excluding carboxylic acids is 2. The van der Waals surface area contributed by atoms with Crippen LogP contribution in [0.1, 0.15) is 23.0 Å². The number of carbonyl (C=O) groups is 2. The number of piperazine rings is 1. The van der Waals surface area contributed by atoms with Crippen LogP contribution in [-0.2, 0) is 4.79 Å². The van der Waals surface area contributed by atoms with E-state index in [9.17, 15) is 9.59 Å². The quantitative estimate of drug-likeness (QED) is 0.761. The van der Waals surface area contributed by atoms with E-state index in [-0.39, 0.29) is 18.3 Å². The average Bonchev–Trinajstić information content (AvgIpc) is 2.67. The van der Waals surface area contributed by atoms with E-state index in [0.717, 1.165) is 24.6 Å². The SMILES string of the molecule is CC(=O)c1ccc(OCC(=O)N2CCN(c3ccc(C)nn3)CC2)cc1. The first-order valence-corrected chi connectivity index (χ1v) is 8.60. The first-order chi connectivity index (χ1) is 12.5. The van der Waals surface area contributed by atoms with E-state index in [1.165, 1.54) is 6.92 Å². The minimum Gasteiger partial charge on any atom is -0.484 e. The Hall–Kier alpha value is -2.96. The summed E-state index contributed by atoms with van der Waals surface area (Å²) in [6, 6.07) is 10.7. The molecule has 1 amide bonds. The van der Waals surface area contributed by atoms with Crippen LogP contribution in [0.25, 0.3) is 0 Å². The van der Waals surface area contributed by atoms with Crippen molar-refractivity contribution in [1.82, 2.24) is 15.1 Å². The normalized spacial score (nSPS) is 14.2. The molecule has 26 heavy (non-hydrogen) atoms. The maximum Gasteiger partial charge on any atom is 0.260 e. The van der Waals surface area contributed by atoms with Crippen LogP contribution < -0.4 is 9.64 Å². The Kier molecular flexibility index (Phi) is 5.46. The van der Waals surface area contributed by atoms with Gasteiger partial charge in [-0.15, -0.1) is 5.10 Å². The minimum atomic E-state index is -0.0460. The molecule has 1 aromatic carbocycles. The molecular weight excluding hydrogens is 332 g/mol. The van der Waals surface area contributed by atoms with Crippen LogP contribution >= 0.6 is 0 Å². The molecule has 1 aromatic heterocycles. The van der Waals surface area contributed by atoms with E-state index in [1.807, 2.05) is 19.1 Å². The van der Waals surface area contributed by atoms with E-state index >= 15 is 0 Å². The van der Waals surface area contributed by atoms with Crippen LogP contribution in [0, 0.1) is 6.92 Å². The lowest BCUT2D eigenvalue weighted by atomic mass is 10.1. The summed E-state index contributed by atoms with van der Waals surface area (Å²) in [6.45, 7) is 6.10. The number of hydrogen-bond acceptors (Lipinski definition) is 6. The predicted octanol–water partition coefficient (Wildman–Crippen LogP) is 1.72. The fourth-order valence-electron chi connectivity index (χ4n) is 2.77. The zero-order valence-corrected chi connectivity index (χ0v) is 15.0. The fourth-order valence-corrected chi connectivity index (χ4v) is 2.77. The van der Waals surface area contributed by atoms with Gasteiger partial charge in [-0.05, 0) is 50.2 Å². The van der Waals surface area contributed by atoms with Gasteiger partial charge in [-0.1, -0.05) is 0 Å². The van der Waals surface area contributed by atoms with Gasteiger partial charge in [0.1, 0.15) is 5.75 Å². The van der Waals surface area contributed by atoms with Crippen molar-refractivity contribution in [3.05, 3.63) is 47.7 Å².